The fraction of sp³-hybridized carbons (Fsp3) is 1.00. The third kappa shape index (κ3) is 1.94. The Morgan fingerprint density at radius 2 is 1.64 bits per heavy atom. The van der Waals surface area contributed by atoms with Crippen molar-refractivity contribution in [2.45, 2.75) is 30.9 Å². The number of nitrogens with zero attached hydrogens (tertiary/aromatic N) is 2. The molecule has 1 heterocycles. The van der Waals surface area contributed by atoms with Crippen LogP contribution in [0.15, 0.2) is 0 Å². The SMILES string of the molecule is O=S(=O)(C1CCCC1)N1CC[N]CC1. The number of sulfonamides is 1. The minimum atomic E-state index is -2.99. The number of piperazine rings is 1. The number of rotatable bonds is 2. The van der Waals surface area contributed by atoms with Crippen LogP contribution in [-0.4, -0.2) is 44.2 Å². The Balaban J connectivity index is 2.05. The zero-order valence-corrected chi connectivity index (χ0v) is 9.17. The summed E-state index contributed by atoms with van der Waals surface area (Å²) in [5, 5.41) is 4.06. The van der Waals surface area contributed by atoms with Gasteiger partial charge in [-0.1, -0.05) is 12.8 Å². The van der Waals surface area contributed by atoms with E-state index in [2.05, 4.69) is 5.32 Å². The number of hydrogen-bond donors (Lipinski definition) is 0. The molecule has 0 atom stereocenters. The molecule has 0 unspecified atom stereocenters. The van der Waals surface area contributed by atoms with E-state index in [1.807, 2.05) is 0 Å². The summed E-state index contributed by atoms with van der Waals surface area (Å²) in [5.41, 5.74) is 0. The molecule has 1 radical (unpaired) electrons. The minimum Gasteiger partial charge on any atom is -0.239 e. The summed E-state index contributed by atoms with van der Waals surface area (Å²) in [5.74, 6) is 0. The summed E-state index contributed by atoms with van der Waals surface area (Å²) in [6, 6.07) is 0. The lowest BCUT2D eigenvalue weighted by Gasteiger charge is -2.28. The van der Waals surface area contributed by atoms with Gasteiger partial charge in [-0.25, -0.2) is 13.7 Å². The predicted molar refractivity (Wildman–Crippen MR) is 54.6 cm³/mol. The minimum absolute atomic E-state index is 0.0967. The monoisotopic (exact) mass is 217 g/mol. The molecule has 0 aromatic heterocycles. The lowest BCUT2D eigenvalue weighted by molar-refractivity contribution is 0.351. The molecule has 0 bridgehead atoms. The lowest BCUT2D eigenvalue weighted by Crippen LogP contribution is -2.46. The van der Waals surface area contributed by atoms with E-state index in [0.717, 1.165) is 25.7 Å². The van der Waals surface area contributed by atoms with Crippen LogP contribution in [0, 0.1) is 0 Å². The second-order valence-electron chi connectivity index (χ2n) is 4.02. The molecule has 0 aromatic rings. The van der Waals surface area contributed by atoms with Crippen molar-refractivity contribution in [3.63, 3.8) is 0 Å². The van der Waals surface area contributed by atoms with Gasteiger partial charge in [0.05, 0.1) is 5.25 Å². The van der Waals surface area contributed by atoms with Crippen molar-refractivity contribution in [1.82, 2.24) is 9.62 Å². The van der Waals surface area contributed by atoms with E-state index in [0.29, 0.717) is 26.2 Å². The Labute approximate surface area is 85.7 Å². The second kappa shape index (κ2) is 4.16. The second-order valence-corrected chi connectivity index (χ2v) is 6.23. The van der Waals surface area contributed by atoms with E-state index in [-0.39, 0.29) is 5.25 Å². The number of hydrogen-bond acceptors (Lipinski definition) is 2. The molecule has 1 saturated heterocycles. The smallest absolute Gasteiger partial charge is 0.217 e. The van der Waals surface area contributed by atoms with Crippen molar-refractivity contribution < 1.29 is 8.42 Å². The van der Waals surface area contributed by atoms with Crippen LogP contribution in [0.3, 0.4) is 0 Å². The summed E-state index contributed by atoms with van der Waals surface area (Å²) < 4.78 is 25.8. The first-order valence-corrected chi connectivity index (χ1v) is 6.84. The van der Waals surface area contributed by atoms with Crippen molar-refractivity contribution in [3.05, 3.63) is 0 Å². The van der Waals surface area contributed by atoms with Crippen LogP contribution in [0.2, 0.25) is 0 Å². The maximum Gasteiger partial charge on any atom is 0.217 e. The Morgan fingerprint density at radius 1 is 1.07 bits per heavy atom. The average molecular weight is 217 g/mol. The zero-order valence-electron chi connectivity index (χ0n) is 8.35. The summed E-state index contributed by atoms with van der Waals surface area (Å²) in [7, 11) is -2.99. The largest absolute Gasteiger partial charge is 0.239 e. The zero-order chi connectivity index (χ0) is 10.0. The third-order valence-electron chi connectivity index (χ3n) is 3.10. The molecule has 14 heavy (non-hydrogen) atoms. The van der Waals surface area contributed by atoms with Gasteiger partial charge in [0.2, 0.25) is 10.0 Å². The summed E-state index contributed by atoms with van der Waals surface area (Å²) in [6.45, 7) is 2.54. The summed E-state index contributed by atoms with van der Waals surface area (Å²) in [6.07, 6.45) is 3.86. The molecule has 2 fully saturated rings. The van der Waals surface area contributed by atoms with Gasteiger partial charge in [0.15, 0.2) is 0 Å². The molecule has 1 aliphatic heterocycles. The van der Waals surface area contributed by atoms with Gasteiger partial charge >= 0.3 is 0 Å². The van der Waals surface area contributed by atoms with Crippen LogP contribution in [0.1, 0.15) is 25.7 Å². The highest BCUT2D eigenvalue weighted by atomic mass is 32.2. The fourth-order valence-electron chi connectivity index (χ4n) is 2.24. The third-order valence-corrected chi connectivity index (χ3v) is 5.50. The van der Waals surface area contributed by atoms with Gasteiger partial charge in [-0.05, 0) is 12.8 Å². The van der Waals surface area contributed by atoms with E-state index >= 15 is 0 Å². The van der Waals surface area contributed by atoms with Crippen LogP contribution in [0.25, 0.3) is 0 Å². The van der Waals surface area contributed by atoms with Gasteiger partial charge in [-0.2, -0.15) is 4.31 Å². The van der Waals surface area contributed by atoms with Gasteiger partial charge in [-0.3, -0.25) is 0 Å². The van der Waals surface area contributed by atoms with E-state index in [4.69, 9.17) is 0 Å². The molecular weight excluding hydrogens is 200 g/mol. The van der Waals surface area contributed by atoms with Crippen LogP contribution >= 0.6 is 0 Å². The summed E-state index contributed by atoms with van der Waals surface area (Å²) in [4.78, 5) is 0. The van der Waals surface area contributed by atoms with E-state index in [9.17, 15) is 8.42 Å². The molecule has 5 heteroatoms. The van der Waals surface area contributed by atoms with E-state index in [1.165, 1.54) is 0 Å². The fourth-order valence-corrected chi connectivity index (χ4v) is 4.26. The molecule has 4 nitrogen and oxygen atoms in total. The van der Waals surface area contributed by atoms with Crippen LogP contribution in [-0.2, 0) is 10.0 Å². The first kappa shape index (κ1) is 10.4. The molecule has 1 aliphatic carbocycles. The molecule has 2 aliphatic rings. The average Bonchev–Trinajstić information content (AvgIpc) is 2.72. The molecule has 1 saturated carbocycles. The Morgan fingerprint density at radius 3 is 2.21 bits per heavy atom. The van der Waals surface area contributed by atoms with E-state index in [1.54, 1.807) is 4.31 Å². The van der Waals surface area contributed by atoms with Gasteiger partial charge in [0, 0.05) is 26.2 Å². The normalized spacial score (nSPS) is 26.9. The highest BCUT2D eigenvalue weighted by molar-refractivity contribution is 7.89. The quantitative estimate of drug-likeness (QED) is 0.662. The molecular formula is C9H17N2O2S. The molecule has 0 spiro atoms. The highest BCUT2D eigenvalue weighted by Gasteiger charge is 2.34. The Hall–Kier alpha value is -0.130. The van der Waals surface area contributed by atoms with Gasteiger partial charge in [-0.15, -0.1) is 0 Å². The van der Waals surface area contributed by atoms with Crippen molar-refractivity contribution in [2.24, 2.45) is 0 Å². The van der Waals surface area contributed by atoms with Crippen molar-refractivity contribution >= 4 is 10.0 Å². The topological polar surface area (TPSA) is 51.5 Å². The van der Waals surface area contributed by atoms with Gasteiger partial charge in [0.25, 0.3) is 0 Å². The molecule has 81 valence electrons. The van der Waals surface area contributed by atoms with Gasteiger partial charge in [0.1, 0.15) is 0 Å². The maximum atomic E-state index is 12.1. The highest BCUT2D eigenvalue weighted by Crippen LogP contribution is 2.27. The first-order chi connectivity index (χ1) is 6.71. The first-order valence-electron chi connectivity index (χ1n) is 5.33. The predicted octanol–water partition coefficient (Wildman–Crippen LogP) is 0.179. The van der Waals surface area contributed by atoms with Crippen molar-refractivity contribution in [3.8, 4) is 0 Å². The molecule has 0 N–H and O–H groups in total. The van der Waals surface area contributed by atoms with Gasteiger partial charge < -0.3 is 0 Å². The Bertz CT molecular complexity index is 277. The lowest BCUT2D eigenvalue weighted by atomic mass is 10.4. The van der Waals surface area contributed by atoms with Crippen LogP contribution in [0.4, 0.5) is 0 Å². The molecule has 2 rings (SSSR count). The molecule has 0 aromatic carbocycles. The maximum absolute atomic E-state index is 12.1. The van der Waals surface area contributed by atoms with Crippen LogP contribution in [0.5, 0.6) is 0 Å². The Kier molecular flexibility index (Phi) is 3.09. The molecule has 0 amide bonds. The van der Waals surface area contributed by atoms with Crippen molar-refractivity contribution in [1.29, 1.82) is 0 Å². The van der Waals surface area contributed by atoms with E-state index < -0.39 is 10.0 Å². The van der Waals surface area contributed by atoms with Crippen LogP contribution < -0.4 is 5.32 Å². The van der Waals surface area contributed by atoms with Crippen molar-refractivity contribution in [2.75, 3.05) is 26.2 Å². The standard InChI is InChI=1S/C9H17N2O2S/c12-14(13,9-3-1-2-4-9)11-7-5-10-6-8-11/h9H,1-8H2. The summed E-state index contributed by atoms with van der Waals surface area (Å²) >= 11 is 0.